The van der Waals surface area contributed by atoms with Gasteiger partial charge < -0.3 is 15.2 Å². The van der Waals surface area contributed by atoms with Crippen molar-refractivity contribution in [3.05, 3.63) is 34.9 Å². The molecule has 0 bridgehead atoms. The van der Waals surface area contributed by atoms with E-state index >= 15 is 0 Å². The Bertz CT molecular complexity index is 339. The van der Waals surface area contributed by atoms with E-state index in [1.807, 2.05) is 24.3 Å². The van der Waals surface area contributed by atoms with Gasteiger partial charge in [0.1, 0.15) is 0 Å². The fourth-order valence-corrected chi connectivity index (χ4v) is 1.96. The summed E-state index contributed by atoms with van der Waals surface area (Å²) in [5.74, 6) is 0. The van der Waals surface area contributed by atoms with E-state index in [0.717, 1.165) is 10.6 Å². The Morgan fingerprint density at radius 3 is 2.69 bits per heavy atom. The lowest BCUT2D eigenvalue weighted by Gasteiger charge is -2.33. The molecule has 1 fully saturated rings. The molecule has 0 aromatic heterocycles. The van der Waals surface area contributed by atoms with E-state index in [1.54, 1.807) is 6.92 Å². The first-order valence-electron chi connectivity index (χ1n) is 5.44. The molecule has 3 nitrogen and oxygen atoms in total. The minimum absolute atomic E-state index is 0.00516. The maximum Gasteiger partial charge on any atom is 0.0687 e. The van der Waals surface area contributed by atoms with Crippen LogP contribution in [0.25, 0.3) is 0 Å². The van der Waals surface area contributed by atoms with Crippen LogP contribution in [0.15, 0.2) is 24.3 Å². The quantitative estimate of drug-likeness (QED) is 0.829. The normalized spacial score (nSPS) is 27.7. The van der Waals surface area contributed by atoms with Gasteiger partial charge in [-0.3, -0.25) is 0 Å². The highest BCUT2D eigenvalue weighted by Crippen LogP contribution is 2.20. The van der Waals surface area contributed by atoms with E-state index in [0.29, 0.717) is 13.2 Å². The highest BCUT2D eigenvalue weighted by molar-refractivity contribution is 6.30. The van der Waals surface area contributed by atoms with Gasteiger partial charge in [0.25, 0.3) is 0 Å². The zero-order chi connectivity index (χ0) is 11.5. The van der Waals surface area contributed by atoms with Crippen molar-refractivity contribution < 1.29 is 9.84 Å². The van der Waals surface area contributed by atoms with Gasteiger partial charge in [-0.15, -0.1) is 0 Å². The van der Waals surface area contributed by atoms with Crippen LogP contribution in [0, 0.1) is 0 Å². The van der Waals surface area contributed by atoms with Crippen LogP contribution in [-0.2, 0) is 4.74 Å². The summed E-state index contributed by atoms with van der Waals surface area (Å²) in [6.45, 7) is 2.96. The van der Waals surface area contributed by atoms with Crippen LogP contribution in [0.4, 0.5) is 0 Å². The molecule has 1 aromatic carbocycles. The summed E-state index contributed by atoms with van der Waals surface area (Å²) in [4.78, 5) is 0. The number of nitrogens with one attached hydrogen (secondary N) is 1. The fraction of sp³-hybridized carbons (Fsp3) is 0.500. The molecule has 1 heterocycles. The topological polar surface area (TPSA) is 41.5 Å². The Kier molecular flexibility index (Phi) is 3.82. The summed E-state index contributed by atoms with van der Waals surface area (Å²) in [6.07, 6.45) is -0.407. The summed E-state index contributed by atoms with van der Waals surface area (Å²) < 4.78 is 5.49. The number of morpholine rings is 1. The van der Waals surface area contributed by atoms with E-state index < -0.39 is 6.10 Å². The van der Waals surface area contributed by atoms with Crippen molar-refractivity contribution in [2.24, 2.45) is 0 Å². The summed E-state index contributed by atoms with van der Waals surface area (Å²) >= 11 is 5.84. The van der Waals surface area contributed by atoms with Crippen LogP contribution in [-0.4, -0.2) is 30.5 Å². The van der Waals surface area contributed by atoms with Gasteiger partial charge in [0.15, 0.2) is 0 Å². The third-order valence-corrected chi connectivity index (χ3v) is 3.10. The third kappa shape index (κ3) is 2.74. The monoisotopic (exact) mass is 241 g/mol. The third-order valence-electron chi connectivity index (χ3n) is 2.85. The van der Waals surface area contributed by atoms with Gasteiger partial charge in [-0.25, -0.2) is 0 Å². The second kappa shape index (κ2) is 5.15. The predicted octanol–water partition coefficient (Wildman–Crippen LogP) is 1.75. The van der Waals surface area contributed by atoms with E-state index in [2.05, 4.69) is 5.32 Å². The van der Waals surface area contributed by atoms with Gasteiger partial charge in [0.05, 0.1) is 31.4 Å². The van der Waals surface area contributed by atoms with Crippen LogP contribution >= 0.6 is 11.6 Å². The van der Waals surface area contributed by atoms with Crippen molar-refractivity contribution in [2.45, 2.75) is 25.1 Å². The molecule has 0 amide bonds. The number of benzene rings is 1. The molecule has 1 aliphatic heterocycles. The van der Waals surface area contributed by atoms with Gasteiger partial charge in [-0.05, 0) is 24.6 Å². The maximum atomic E-state index is 9.52. The van der Waals surface area contributed by atoms with Crippen LogP contribution in [0.1, 0.15) is 18.5 Å². The SMILES string of the molecule is CC(O)[C@H]1COC[C@@H](c2ccc(Cl)cc2)N1. The lowest BCUT2D eigenvalue weighted by Crippen LogP contribution is -2.49. The molecule has 3 atom stereocenters. The summed E-state index contributed by atoms with van der Waals surface area (Å²) in [7, 11) is 0. The van der Waals surface area contributed by atoms with E-state index in [4.69, 9.17) is 16.3 Å². The Hall–Kier alpha value is -0.610. The second-order valence-electron chi connectivity index (χ2n) is 4.16. The Morgan fingerprint density at radius 2 is 2.06 bits per heavy atom. The molecule has 1 saturated heterocycles. The van der Waals surface area contributed by atoms with E-state index in [1.165, 1.54) is 0 Å². The summed E-state index contributed by atoms with van der Waals surface area (Å²) in [6, 6.07) is 7.82. The van der Waals surface area contributed by atoms with Gasteiger partial charge in [-0.2, -0.15) is 0 Å². The van der Waals surface area contributed by atoms with Crippen molar-refractivity contribution >= 4 is 11.6 Å². The zero-order valence-electron chi connectivity index (χ0n) is 9.19. The molecule has 16 heavy (non-hydrogen) atoms. The maximum absolute atomic E-state index is 9.52. The number of rotatable bonds is 2. The van der Waals surface area contributed by atoms with Crippen molar-refractivity contribution in [1.82, 2.24) is 5.32 Å². The van der Waals surface area contributed by atoms with Crippen molar-refractivity contribution in [3.8, 4) is 0 Å². The standard InChI is InChI=1S/C12H16ClNO2/c1-8(15)11-6-16-7-12(14-11)9-2-4-10(13)5-3-9/h2-5,8,11-12,14-15H,6-7H2,1H3/t8?,11-,12+/m1/s1. The molecular formula is C12H16ClNO2. The number of aliphatic hydroxyl groups excluding tert-OH is 1. The van der Waals surface area contributed by atoms with Crippen LogP contribution in [0.2, 0.25) is 5.02 Å². The Balaban J connectivity index is 2.06. The number of halogens is 1. The summed E-state index contributed by atoms with van der Waals surface area (Å²) in [5.41, 5.74) is 1.13. The molecule has 1 aliphatic rings. The van der Waals surface area contributed by atoms with Gasteiger partial charge in [0.2, 0.25) is 0 Å². The molecule has 0 aliphatic carbocycles. The van der Waals surface area contributed by atoms with Crippen LogP contribution in [0.3, 0.4) is 0 Å². The number of hydrogen-bond acceptors (Lipinski definition) is 3. The molecule has 88 valence electrons. The first-order valence-corrected chi connectivity index (χ1v) is 5.82. The van der Waals surface area contributed by atoms with Crippen LogP contribution < -0.4 is 5.32 Å². The first-order chi connectivity index (χ1) is 7.66. The fourth-order valence-electron chi connectivity index (χ4n) is 1.83. The molecule has 4 heteroatoms. The average Bonchev–Trinajstić information content (AvgIpc) is 2.30. The number of aliphatic hydroxyl groups is 1. The minimum Gasteiger partial charge on any atom is -0.392 e. The number of ether oxygens (including phenoxy) is 1. The molecule has 1 unspecified atom stereocenters. The Labute approximate surface area is 100 Å². The molecule has 0 spiro atoms. The predicted molar refractivity (Wildman–Crippen MR) is 63.6 cm³/mol. The highest BCUT2D eigenvalue weighted by atomic mass is 35.5. The smallest absolute Gasteiger partial charge is 0.0687 e. The molecule has 0 saturated carbocycles. The first kappa shape index (κ1) is 11.9. The molecule has 0 radical (unpaired) electrons. The molecule has 2 rings (SSSR count). The molecular weight excluding hydrogens is 226 g/mol. The van der Waals surface area contributed by atoms with Crippen molar-refractivity contribution in [1.29, 1.82) is 0 Å². The average molecular weight is 242 g/mol. The second-order valence-corrected chi connectivity index (χ2v) is 4.59. The lowest BCUT2D eigenvalue weighted by molar-refractivity contribution is 0.00119. The van der Waals surface area contributed by atoms with Crippen LogP contribution in [0.5, 0.6) is 0 Å². The molecule has 2 N–H and O–H groups in total. The van der Waals surface area contributed by atoms with Gasteiger partial charge >= 0.3 is 0 Å². The Morgan fingerprint density at radius 1 is 1.38 bits per heavy atom. The van der Waals surface area contributed by atoms with Crippen molar-refractivity contribution in [2.75, 3.05) is 13.2 Å². The minimum atomic E-state index is -0.407. The lowest BCUT2D eigenvalue weighted by atomic mass is 10.0. The van der Waals surface area contributed by atoms with E-state index in [9.17, 15) is 5.11 Å². The van der Waals surface area contributed by atoms with Gasteiger partial charge in [-0.1, -0.05) is 23.7 Å². The van der Waals surface area contributed by atoms with Crippen molar-refractivity contribution in [3.63, 3.8) is 0 Å². The zero-order valence-corrected chi connectivity index (χ0v) is 9.95. The molecule has 1 aromatic rings. The summed E-state index contributed by atoms with van der Waals surface area (Å²) in [5, 5.41) is 13.6. The number of hydrogen-bond donors (Lipinski definition) is 2. The van der Waals surface area contributed by atoms with E-state index in [-0.39, 0.29) is 12.1 Å². The largest absolute Gasteiger partial charge is 0.392 e. The van der Waals surface area contributed by atoms with Gasteiger partial charge in [0, 0.05) is 5.02 Å². The highest BCUT2D eigenvalue weighted by Gasteiger charge is 2.25.